The van der Waals surface area contributed by atoms with Gasteiger partial charge < -0.3 is 15.0 Å². The number of piperidine rings is 1. The predicted molar refractivity (Wildman–Crippen MR) is 120 cm³/mol. The number of aliphatic hydroxyl groups is 1. The third-order valence-corrected chi connectivity index (χ3v) is 7.06. The minimum absolute atomic E-state index is 0.0245. The number of β-amino-alcohol motifs (C(OH)–C–C–N with tert-alkyl or cyclic N) is 1. The number of aliphatic hydroxyl groups excluding tert-OH is 1. The Hall–Kier alpha value is -2.70. The van der Waals surface area contributed by atoms with Crippen LogP contribution in [-0.2, 0) is 10.0 Å². The number of hydrogen-bond donors (Lipinski definition) is 2. The number of hydrogen-bond acceptors (Lipinski definition) is 7. The normalized spacial score (nSPS) is 20.0. The van der Waals surface area contributed by atoms with E-state index < -0.39 is 33.8 Å². The standard InChI is InChI=1S/C21H26F2N6O3S/c1-11(2)29-12(3)25-20-14(22)7-13(8-17(20)29)19-15(23)9-24-21(27-19)26-16-5-6-28(10-18(16)30)33(4,31)32/h7-9,11,16,18,30H,5-6,10H2,1-4H3,(H,24,26,27)/t16?,18-/m0/s1. The summed E-state index contributed by atoms with van der Waals surface area (Å²) in [6.45, 7) is 5.85. The predicted octanol–water partition coefficient (Wildman–Crippen LogP) is 2.47. The molecule has 0 radical (unpaired) electrons. The summed E-state index contributed by atoms with van der Waals surface area (Å²) in [5.74, 6) is -0.603. The van der Waals surface area contributed by atoms with E-state index in [1.807, 2.05) is 18.4 Å². The fourth-order valence-electron chi connectivity index (χ4n) is 4.23. The lowest BCUT2D eigenvalue weighted by molar-refractivity contribution is 0.0950. The van der Waals surface area contributed by atoms with Crippen LogP contribution in [0.15, 0.2) is 18.3 Å². The zero-order valence-electron chi connectivity index (χ0n) is 18.7. The Kier molecular flexibility index (Phi) is 6.10. The molecule has 0 saturated carbocycles. The number of rotatable bonds is 5. The quantitative estimate of drug-likeness (QED) is 0.577. The summed E-state index contributed by atoms with van der Waals surface area (Å²) in [6, 6.07) is 2.34. The molecule has 33 heavy (non-hydrogen) atoms. The molecule has 1 saturated heterocycles. The Morgan fingerprint density at radius 3 is 2.58 bits per heavy atom. The summed E-state index contributed by atoms with van der Waals surface area (Å²) in [6.07, 6.45) is 1.39. The number of anilines is 1. The van der Waals surface area contributed by atoms with E-state index in [2.05, 4.69) is 20.3 Å². The van der Waals surface area contributed by atoms with E-state index in [1.165, 1.54) is 10.4 Å². The molecular weight excluding hydrogens is 454 g/mol. The minimum atomic E-state index is -3.41. The number of aryl methyl sites for hydroxylation is 1. The van der Waals surface area contributed by atoms with Gasteiger partial charge in [-0.05, 0) is 39.3 Å². The molecule has 1 unspecified atom stereocenters. The van der Waals surface area contributed by atoms with E-state index in [0.29, 0.717) is 17.8 Å². The molecule has 0 amide bonds. The maximum absolute atomic E-state index is 14.8. The molecule has 12 heteroatoms. The third-order valence-electron chi connectivity index (χ3n) is 5.79. The molecule has 2 N–H and O–H groups in total. The lowest BCUT2D eigenvalue weighted by Gasteiger charge is -2.34. The number of sulfonamides is 1. The molecule has 9 nitrogen and oxygen atoms in total. The first-order chi connectivity index (χ1) is 15.5. The molecule has 0 bridgehead atoms. The number of imidazole rings is 1. The fourth-order valence-corrected chi connectivity index (χ4v) is 5.10. The molecule has 3 heterocycles. The molecule has 1 aliphatic rings. The van der Waals surface area contributed by atoms with Gasteiger partial charge >= 0.3 is 0 Å². The van der Waals surface area contributed by atoms with Crippen molar-refractivity contribution < 1.29 is 22.3 Å². The highest BCUT2D eigenvalue weighted by molar-refractivity contribution is 7.88. The van der Waals surface area contributed by atoms with Crippen molar-refractivity contribution in [2.24, 2.45) is 0 Å². The molecule has 4 rings (SSSR count). The summed E-state index contributed by atoms with van der Waals surface area (Å²) < 4.78 is 56.0. The van der Waals surface area contributed by atoms with E-state index in [0.717, 1.165) is 12.5 Å². The van der Waals surface area contributed by atoms with Crippen LogP contribution in [0.4, 0.5) is 14.7 Å². The van der Waals surface area contributed by atoms with Crippen molar-refractivity contribution in [3.05, 3.63) is 35.8 Å². The van der Waals surface area contributed by atoms with Gasteiger partial charge in [0.2, 0.25) is 16.0 Å². The highest BCUT2D eigenvalue weighted by Gasteiger charge is 2.32. The first-order valence-corrected chi connectivity index (χ1v) is 12.4. The van der Waals surface area contributed by atoms with Gasteiger partial charge in [0, 0.05) is 24.7 Å². The van der Waals surface area contributed by atoms with E-state index >= 15 is 0 Å². The van der Waals surface area contributed by atoms with Crippen LogP contribution in [0.2, 0.25) is 0 Å². The van der Waals surface area contributed by atoms with E-state index in [9.17, 15) is 22.3 Å². The maximum Gasteiger partial charge on any atom is 0.223 e. The van der Waals surface area contributed by atoms with E-state index in [-0.39, 0.29) is 41.9 Å². The molecule has 1 fully saturated rings. The van der Waals surface area contributed by atoms with Crippen molar-refractivity contribution in [1.82, 2.24) is 23.8 Å². The smallest absolute Gasteiger partial charge is 0.223 e. The van der Waals surface area contributed by atoms with Crippen molar-refractivity contribution in [2.75, 3.05) is 24.7 Å². The molecule has 178 valence electrons. The van der Waals surface area contributed by atoms with Crippen LogP contribution in [0.1, 0.15) is 32.1 Å². The number of fused-ring (bicyclic) bond motifs is 1. The number of nitrogens with one attached hydrogen (secondary N) is 1. The average Bonchev–Trinajstić information content (AvgIpc) is 3.06. The molecule has 2 aromatic heterocycles. The minimum Gasteiger partial charge on any atom is -0.390 e. The van der Waals surface area contributed by atoms with Gasteiger partial charge in [0.1, 0.15) is 17.0 Å². The Bertz CT molecular complexity index is 1310. The van der Waals surface area contributed by atoms with Crippen molar-refractivity contribution in [3.63, 3.8) is 0 Å². The Morgan fingerprint density at radius 2 is 1.94 bits per heavy atom. The largest absolute Gasteiger partial charge is 0.390 e. The second kappa shape index (κ2) is 8.58. The van der Waals surface area contributed by atoms with Crippen molar-refractivity contribution in [1.29, 1.82) is 0 Å². The van der Waals surface area contributed by atoms with Gasteiger partial charge in [-0.1, -0.05) is 0 Å². The summed E-state index contributed by atoms with van der Waals surface area (Å²) in [5, 5.41) is 13.3. The molecule has 0 spiro atoms. The van der Waals surface area contributed by atoms with Crippen LogP contribution >= 0.6 is 0 Å². The molecule has 1 aromatic carbocycles. The summed E-state index contributed by atoms with van der Waals surface area (Å²) in [5.41, 5.74) is 0.884. The monoisotopic (exact) mass is 480 g/mol. The molecule has 3 aromatic rings. The van der Waals surface area contributed by atoms with Gasteiger partial charge in [-0.3, -0.25) is 0 Å². The lowest BCUT2D eigenvalue weighted by Crippen LogP contribution is -2.51. The highest BCUT2D eigenvalue weighted by Crippen LogP contribution is 2.30. The molecule has 2 atom stereocenters. The second-order valence-corrected chi connectivity index (χ2v) is 10.5. The zero-order chi connectivity index (χ0) is 24.1. The molecule has 0 aliphatic carbocycles. The zero-order valence-corrected chi connectivity index (χ0v) is 19.6. The highest BCUT2D eigenvalue weighted by atomic mass is 32.2. The van der Waals surface area contributed by atoms with Crippen LogP contribution < -0.4 is 5.32 Å². The molecular formula is C21H26F2N6O3S. The van der Waals surface area contributed by atoms with Gasteiger partial charge in [0.15, 0.2) is 11.6 Å². The molecule has 1 aliphatic heterocycles. The third kappa shape index (κ3) is 4.55. The van der Waals surface area contributed by atoms with Crippen LogP contribution in [0.25, 0.3) is 22.3 Å². The maximum atomic E-state index is 14.8. The Labute approximate surface area is 190 Å². The summed E-state index contributed by atoms with van der Waals surface area (Å²) in [7, 11) is -3.41. The van der Waals surface area contributed by atoms with E-state index in [1.54, 1.807) is 13.0 Å². The SMILES string of the molecule is Cc1nc2c(F)cc(-c3nc(NC4CCN(S(C)(=O)=O)C[C@@H]4O)ncc3F)cc2n1C(C)C. The fraction of sp³-hybridized carbons (Fsp3) is 0.476. The van der Waals surface area contributed by atoms with Crippen molar-refractivity contribution >= 4 is 27.0 Å². The van der Waals surface area contributed by atoms with Gasteiger partial charge in [0.05, 0.1) is 30.1 Å². The van der Waals surface area contributed by atoms with Crippen LogP contribution in [0, 0.1) is 18.6 Å². The topological polar surface area (TPSA) is 113 Å². The average molecular weight is 481 g/mol. The van der Waals surface area contributed by atoms with Crippen LogP contribution in [-0.4, -0.2) is 68.8 Å². The number of nitrogens with zero attached hydrogens (tertiary/aromatic N) is 5. The van der Waals surface area contributed by atoms with Crippen molar-refractivity contribution in [3.8, 4) is 11.3 Å². The van der Waals surface area contributed by atoms with Gasteiger partial charge in [-0.15, -0.1) is 0 Å². The first kappa shape index (κ1) is 23.5. The Balaban J connectivity index is 1.66. The lowest BCUT2D eigenvalue weighted by atomic mass is 10.0. The van der Waals surface area contributed by atoms with Gasteiger partial charge in [0.25, 0.3) is 0 Å². The van der Waals surface area contributed by atoms with Gasteiger partial charge in [-0.2, -0.15) is 4.31 Å². The Morgan fingerprint density at radius 1 is 1.21 bits per heavy atom. The summed E-state index contributed by atoms with van der Waals surface area (Å²) >= 11 is 0. The van der Waals surface area contributed by atoms with Crippen molar-refractivity contribution in [2.45, 2.75) is 45.4 Å². The van der Waals surface area contributed by atoms with Crippen LogP contribution in [0.5, 0.6) is 0 Å². The first-order valence-electron chi connectivity index (χ1n) is 10.6. The van der Waals surface area contributed by atoms with Gasteiger partial charge in [-0.25, -0.2) is 32.2 Å². The number of halogens is 2. The second-order valence-electron chi connectivity index (χ2n) is 8.57. The van der Waals surface area contributed by atoms with Crippen LogP contribution in [0.3, 0.4) is 0 Å². The van der Waals surface area contributed by atoms with E-state index in [4.69, 9.17) is 0 Å². The number of benzene rings is 1. The number of aromatic nitrogens is 4. The summed E-state index contributed by atoms with van der Waals surface area (Å²) in [4.78, 5) is 12.5.